The largest absolute Gasteiger partial charge is 0.459 e. The SMILES string of the molecule is Cc1ccc(CNC(=O)c2occ3c2CCOC3)n1C. The first-order chi connectivity index (χ1) is 9.66. The Hall–Kier alpha value is -2.01. The van der Waals surface area contributed by atoms with Crippen LogP contribution in [0.4, 0.5) is 0 Å². The topological polar surface area (TPSA) is 56.4 Å². The highest BCUT2D eigenvalue weighted by Crippen LogP contribution is 2.22. The number of nitrogens with one attached hydrogen (secondary N) is 1. The van der Waals surface area contributed by atoms with E-state index in [1.807, 2.05) is 26.1 Å². The molecule has 0 bridgehead atoms. The van der Waals surface area contributed by atoms with E-state index in [0.29, 0.717) is 25.5 Å². The molecule has 0 saturated carbocycles. The summed E-state index contributed by atoms with van der Waals surface area (Å²) in [6, 6.07) is 4.05. The van der Waals surface area contributed by atoms with E-state index < -0.39 is 0 Å². The maximum Gasteiger partial charge on any atom is 0.287 e. The smallest absolute Gasteiger partial charge is 0.287 e. The summed E-state index contributed by atoms with van der Waals surface area (Å²) in [5.41, 5.74) is 4.20. The Morgan fingerprint density at radius 3 is 3.05 bits per heavy atom. The molecule has 20 heavy (non-hydrogen) atoms. The molecule has 1 aliphatic heterocycles. The average Bonchev–Trinajstić information content (AvgIpc) is 3.02. The minimum Gasteiger partial charge on any atom is -0.459 e. The number of amides is 1. The van der Waals surface area contributed by atoms with Gasteiger partial charge in [0.15, 0.2) is 5.76 Å². The van der Waals surface area contributed by atoms with Crippen LogP contribution >= 0.6 is 0 Å². The van der Waals surface area contributed by atoms with Crippen LogP contribution in [0.5, 0.6) is 0 Å². The number of hydrogen-bond acceptors (Lipinski definition) is 3. The molecule has 0 unspecified atom stereocenters. The predicted octanol–water partition coefficient (Wildman–Crippen LogP) is 1.93. The van der Waals surface area contributed by atoms with Crippen molar-refractivity contribution in [2.24, 2.45) is 7.05 Å². The number of hydrogen-bond donors (Lipinski definition) is 1. The van der Waals surface area contributed by atoms with E-state index >= 15 is 0 Å². The predicted molar refractivity (Wildman–Crippen MR) is 73.4 cm³/mol. The number of carbonyl (C=O) groups excluding carboxylic acids is 1. The van der Waals surface area contributed by atoms with Crippen LogP contribution in [0.1, 0.15) is 33.1 Å². The van der Waals surface area contributed by atoms with Crippen LogP contribution in [-0.2, 0) is 31.4 Å². The van der Waals surface area contributed by atoms with Crippen molar-refractivity contribution in [3.05, 3.63) is 46.7 Å². The summed E-state index contributed by atoms with van der Waals surface area (Å²) in [6.07, 6.45) is 2.36. The lowest BCUT2D eigenvalue weighted by Gasteiger charge is -2.12. The monoisotopic (exact) mass is 274 g/mol. The third kappa shape index (κ3) is 2.25. The summed E-state index contributed by atoms with van der Waals surface area (Å²) < 4.78 is 12.8. The Bertz CT molecular complexity index is 640. The number of fused-ring (bicyclic) bond motifs is 1. The number of rotatable bonds is 3. The van der Waals surface area contributed by atoms with E-state index in [1.54, 1.807) is 6.26 Å². The van der Waals surface area contributed by atoms with Crippen LogP contribution in [0, 0.1) is 6.92 Å². The molecular formula is C15H18N2O3. The molecule has 0 spiro atoms. The fraction of sp³-hybridized carbons (Fsp3) is 0.400. The van der Waals surface area contributed by atoms with Gasteiger partial charge in [-0.15, -0.1) is 0 Å². The Balaban J connectivity index is 1.71. The minimum atomic E-state index is -0.160. The number of nitrogens with zero attached hydrogens (tertiary/aromatic N) is 1. The number of ether oxygens (including phenoxy) is 1. The zero-order valence-corrected chi connectivity index (χ0v) is 11.7. The molecule has 106 valence electrons. The standard InChI is InChI=1S/C15H18N2O3/c1-10-3-4-12(17(10)2)7-16-15(18)14-13-5-6-19-8-11(13)9-20-14/h3-4,9H,5-8H2,1-2H3,(H,16,18). The first-order valence-electron chi connectivity index (χ1n) is 6.73. The first-order valence-corrected chi connectivity index (χ1v) is 6.73. The maximum absolute atomic E-state index is 12.2. The number of aryl methyl sites for hydroxylation is 1. The molecule has 0 aromatic carbocycles. The molecule has 0 saturated heterocycles. The molecule has 0 fully saturated rings. The highest BCUT2D eigenvalue weighted by molar-refractivity contribution is 5.93. The van der Waals surface area contributed by atoms with E-state index in [-0.39, 0.29) is 5.91 Å². The third-order valence-electron chi connectivity index (χ3n) is 3.85. The van der Waals surface area contributed by atoms with Crippen LogP contribution < -0.4 is 5.32 Å². The Morgan fingerprint density at radius 1 is 1.45 bits per heavy atom. The van der Waals surface area contributed by atoms with Crippen LogP contribution in [-0.4, -0.2) is 17.1 Å². The molecule has 2 aromatic heterocycles. The quantitative estimate of drug-likeness (QED) is 0.930. The lowest BCUT2D eigenvalue weighted by atomic mass is 10.1. The van der Waals surface area contributed by atoms with Crippen molar-refractivity contribution in [1.29, 1.82) is 0 Å². The molecule has 0 atom stereocenters. The van der Waals surface area contributed by atoms with Gasteiger partial charge in [0.2, 0.25) is 0 Å². The second kappa shape index (κ2) is 5.17. The summed E-state index contributed by atoms with van der Waals surface area (Å²) in [5.74, 6) is 0.265. The molecule has 1 amide bonds. The summed E-state index contributed by atoms with van der Waals surface area (Å²) in [7, 11) is 1.99. The van der Waals surface area contributed by atoms with Gasteiger partial charge in [0.05, 0.1) is 26.0 Å². The van der Waals surface area contributed by atoms with E-state index in [1.165, 1.54) is 5.69 Å². The Morgan fingerprint density at radius 2 is 2.30 bits per heavy atom. The first kappa shape index (κ1) is 13.0. The van der Waals surface area contributed by atoms with Gasteiger partial charge in [0, 0.05) is 36.0 Å². The van der Waals surface area contributed by atoms with Crippen LogP contribution in [0.2, 0.25) is 0 Å². The molecule has 5 nitrogen and oxygen atoms in total. The van der Waals surface area contributed by atoms with Gasteiger partial charge in [-0.25, -0.2) is 0 Å². The van der Waals surface area contributed by atoms with Gasteiger partial charge in [-0.1, -0.05) is 0 Å². The van der Waals surface area contributed by atoms with Crippen molar-refractivity contribution in [3.8, 4) is 0 Å². The highest BCUT2D eigenvalue weighted by atomic mass is 16.5. The van der Waals surface area contributed by atoms with Crippen LogP contribution in [0.25, 0.3) is 0 Å². The molecule has 0 radical (unpaired) electrons. The van der Waals surface area contributed by atoms with Gasteiger partial charge < -0.3 is 19.0 Å². The second-order valence-corrected chi connectivity index (χ2v) is 5.08. The highest BCUT2D eigenvalue weighted by Gasteiger charge is 2.22. The summed E-state index contributed by atoms with van der Waals surface area (Å²) in [4.78, 5) is 12.2. The van der Waals surface area contributed by atoms with Crippen molar-refractivity contribution >= 4 is 5.91 Å². The molecule has 3 rings (SSSR count). The molecule has 5 heteroatoms. The molecule has 0 aliphatic carbocycles. The fourth-order valence-electron chi connectivity index (χ4n) is 2.46. The van der Waals surface area contributed by atoms with Crippen molar-refractivity contribution in [2.75, 3.05) is 6.61 Å². The summed E-state index contributed by atoms with van der Waals surface area (Å²) >= 11 is 0. The van der Waals surface area contributed by atoms with Gasteiger partial charge in [-0.05, 0) is 19.1 Å². The molecular weight excluding hydrogens is 256 g/mol. The molecule has 1 N–H and O–H groups in total. The van der Waals surface area contributed by atoms with Gasteiger partial charge in [-0.3, -0.25) is 4.79 Å². The molecule has 1 aliphatic rings. The lowest BCUT2D eigenvalue weighted by molar-refractivity contribution is 0.0916. The minimum absolute atomic E-state index is 0.160. The second-order valence-electron chi connectivity index (χ2n) is 5.08. The normalized spacial score (nSPS) is 14.1. The number of carbonyl (C=O) groups is 1. The van der Waals surface area contributed by atoms with E-state index in [9.17, 15) is 4.79 Å². The number of aromatic nitrogens is 1. The molecule has 3 heterocycles. The van der Waals surface area contributed by atoms with Crippen LogP contribution in [0.15, 0.2) is 22.8 Å². The third-order valence-corrected chi connectivity index (χ3v) is 3.85. The lowest BCUT2D eigenvalue weighted by Crippen LogP contribution is -2.25. The van der Waals surface area contributed by atoms with Crippen LogP contribution in [0.3, 0.4) is 0 Å². The summed E-state index contributed by atoms with van der Waals surface area (Å²) in [5, 5.41) is 2.91. The average molecular weight is 274 g/mol. The van der Waals surface area contributed by atoms with Gasteiger partial charge in [-0.2, -0.15) is 0 Å². The van der Waals surface area contributed by atoms with Gasteiger partial charge in [0.25, 0.3) is 5.91 Å². The molecule has 2 aromatic rings. The van der Waals surface area contributed by atoms with Crippen molar-refractivity contribution in [2.45, 2.75) is 26.5 Å². The maximum atomic E-state index is 12.2. The zero-order chi connectivity index (χ0) is 14.1. The van der Waals surface area contributed by atoms with Gasteiger partial charge >= 0.3 is 0 Å². The van der Waals surface area contributed by atoms with E-state index in [0.717, 1.165) is 23.2 Å². The van der Waals surface area contributed by atoms with Gasteiger partial charge in [0.1, 0.15) is 0 Å². The van der Waals surface area contributed by atoms with Crippen molar-refractivity contribution < 1.29 is 13.9 Å². The van der Waals surface area contributed by atoms with Crippen molar-refractivity contribution in [3.63, 3.8) is 0 Å². The van der Waals surface area contributed by atoms with E-state index in [2.05, 4.69) is 9.88 Å². The van der Waals surface area contributed by atoms with Crippen molar-refractivity contribution in [1.82, 2.24) is 9.88 Å². The Kier molecular flexibility index (Phi) is 3.36. The Labute approximate surface area is 117 Å². The zero-order valence-electron chi connectivity index (χ0n) is 11.7. The fourth-order valence-corrected chi connectivity index (χ4v) is 2.46. The number of furan rings is 1. The summed E-state index contributed by atoms with van der Waals surface area (Å²) in [6.45, 7) is 3.70. The van der Waals surface area contributed by atoms with E-state index in [4.69, 9.17) is 9.15 Å².